The van der Waals surface area contributed by atoms with Crippen LogP contribution in [0.5, 0.6) is 5.75 Å². The zero-order valence-corrected chi connectivity index (χ0v) is 21.1. The molecule has 4 rings (SSSR count). The number of carboxylic acids is 1. The van der Waals surface area contributed by atoms with Crippen molar-refractivity contribution in [1.29, 1.82) is 0 Å². The van der Waals surface area contributed by atoms with E-state index in [-0.39, 0.29) is 11.8 Å². The molecule has 3 heterocycles. The third kappa shape index (κ3) is 6.71. The SMILES string of the molecule is COc1ccc2ncc(Cl)c(CCCC3(CC(=O)O)CCN(CCCc4ccncc4)CC3)c2c1. The lowest BCUT2D eigenvalue weighted by atomic mass is 9.72. The maximum atomic E-state index is 11.8. The molecule has 0 saturated carbocycles. The Morgan fingerprint density at radius 1 is 1.14 bits per heavy atom. The lowest BCUT2D eigenvalue weighted by Crippen LogP contribution is -2.41. The van der Waals surface area contributed by atoms with Gasteiger partial charge >= 0.3 is 5.97 Å². The Kier molecular flexibility index (Phi) is 8.58. The van der Waals surface area contributed by atoms with Crippen LogP contribution in [-0.4, -0.2) is 52.7 Å². The van der Waals surface area contributed by atoms with Gasteiger partial charge in [0.25, 0.3) is 0 Å². The van der Waals surface area contributed by atoms with Gasteiger partial charge < -0.3 is 14.7 Å². The molecule has 0 bridgehead atoms. The fourth-order valence-corrected chi connectivity index (χ4v) is 5.61. The molecule has 1 N–H and O–H groups in total. The van der Waals surface area contributed by atoms with Gasteiger partial charge in [-0.25, -0.2) is 0 Å². The number of benzene rings is 1. The molecule has 0 amide bonds. The minimum absolute atomic E-state index is 0.152. The highest BCUT2D eigenvalue weighted by Gasteiger charge is 2.36. The average molecular weight is 496 g/mol. The summed E-state index contributed by atoms with van der Waals surface area (Å²) in [5.74, 6) is 0.0785. The molecule has 3 aromatic rings. The molecule has 0 atom stereocenters. The maximum Gasteiger partial charge on any atom is 0.303 e. The van der Waals surface area contributed by atoms with Crippen LogP contribution in [0.4, 0.5) is 0 Å². The van der Waals surface area contributed by atoms with E-state index in [0.29, 0.717) is 5.02 Å². The Morgan fingerprint density at radius 2 is 1.91 bits per heavy atom. The number of hydrogen-bond acceptors (Lipinski definition) is 5. The van der Waals surface area contributed by atoms with Gasteiger partial charge in [0.2, 0.25) is 0 Å². The van der Waals surface area contributed by atoms with Crippen LogP contribution in [0, 0.1) is 5.41 Å². The van der Waals surface area contributed by atoms with Gasteiger partial charge in [0, 0.05) is 24.0 Å². The van der Waals surface area contributed by atoms with E-state index in [4.69, 9.17) is 16.3 Å². The molecule has 7 heteroatoms. The Labute approximate surface area is 212 Å². The van der Waals surface area contributed by atoms with Crippen molar-refractivity contribution in [2.75, 3.05) is 26.7 Å². The van der Waals surface area contributed by atoms with Crippen molar-refractivity contribution in [2.24, 2.45) is 5.41 Å². The number of piperidine rings is 1. The quantitative estimate of drug-likeness (QED) is 0.362. The first-order chi connectivity index (χ1) is 17.0. The smallest absolute Gasteiger partial charge is 0.303 e. The number of methoxy groups -OCH3 is 1. The molecule has 1 aromatic carbocycles. The van der Waals surface area contributed by atoms with Gasteiger partial charge in [-0.15, -0.1) is 0 Å². The lowest BCUT2D eigenvalue weighted by Gasteiger charge is -2.41. The molecular weight excluding hydrogens is 462 g/mol. The number of aryl methyl sites for hydroxylation is 2. The maximum absolute atomic E-state index is 11.8. The number of aliphatic carboxylic acids is 1. The highest BCUT2D eigenvalue weighted by atomic mass is 35.5. The van der Waals surface area contributed by atoms with Gasteiger partial charge in [0.1, 0.15) is 5.75 Å². The van der Waals surface area contributed by atoms with Crippen LogP contribution in [0.25, 0.3) is 10.9 Å². The summed E-state index contributed by atoms with van der Waals surface area (Å²) in [6.45, 7) is 2.96. The van der Waals surface area contributed by atoms with Crippen molar-refractivity contribution in [2.45, 2.75) is 51.4 Å². The lowest BCUT2D eigenvalue weighted by molar-refractivity contribution is -0.140. The summed E-state index contributed by atoms with van der Waals surface area (Å²) in [5, 5.41) is 11.3. The van der Waals surface area contributed by atoms with E-state index < -0.39 is 5.97 Å². The van der Waals surface area contributed by atoms with E-state index in [2.05, 4.69) is 27.0 Å². The highest BCUT2D eigenvalue weighted by molar-refractivity contribution is 6.32. The zero-order chi connectivity index (χ0) is 24.7. The van der Waals surface area contributed by atoms with Crippen LogP contribution in [-0.2, 0) is 17.6 Å². The van der Waals surface area contributed by atoms with E-state index in [1.165, 1.54) is 5.56 Å². The Bertz CT molecular complexity index is 1130. The minimum atomic E-state index is -0.701. The molecule has 1 saturated heterocycles. The molecule has 1 aliphatic heterocycles. The summed E-state index contributed by atoms with van der Waals surface area (Å²) in [5.41, 5.74) is 3.12. The predicted octanol–water partition coefficient (Wildman–Crippen LogP) is 5.80. The largest absolute Gasteiger partial charge is 0.497 e. The first-order valence-electron chi connectivity index (χ1n) is 12.4. The van der Waals surface area contributed by atoms with Crippen LogP contribution in [0.15, 0.2) is 48.9 Å². The standard InChI is InChI=1S/C28H34ClN3O3/c1-35-22-6-7-26-24(18-22)23(25(29)20-31-26)5-2-10-28(19-27(33)34)11-16-32(17-12-28)15-3-4-21-8-13-30-14-9-21/h6-9,13-14,18,20H,2-5,10-12,15-17,19H2,1H3,(H,33,34). The minimum Gasteiger partial charge on any atom is -0.497 e. The summed E-state index contributed by atoms with van der Waals surface area (Å²) in [7, 11) is 1.65. The number of likely N-dealkylation sites (tertiary alicyclic amines) is 1. The monoisotopic (exact) mass is 495 g/mol. The number of ether oxygens (including phenoxy) is 1. The van der Waals surface area contributed by atoms with Gasteiger partial charge in [-0.3, -0.25) is 14.8 Å². The number of carboxylic acid groups (broad SMARTS) is 1. The van der Waals surface area contributed by atoms with Crippen molar-refractivity contribution < 1.29 is 14.6 Å². The third-order valence-corrected chi connectivity index (χ3v) is 7.73. The molecule has 0 spiro atoms. The third-order valence-electron chi connectivity index (χ3n) is 7.40. The van der Waals surface area contributed by atoms with Crippen molar-refractivity contribution in [1.82, 2.24) is 14.9 Å². The highest BCUT2D eigenvalue weighted by Crippen LogP contribution is 2.40. The summed E-state index contributed by atoms with van der Waals surface area (Å²) >= 11 is 6.54. The molecule has 0 unspecified atom stereocenters. The number of nitrogens with zero attached hydrogens (tertiary/aromatic N) is 3. The first kappa shape index (κ1) is 25.4. The number of carbonyl (C=O) groups is 1. The van der Waals surface area contributed by atoms with Crippen molar-refractivity contribution >= 4 is 28.5 Å². The fraction of sp³-hybridized carbons (Fsp3) is 0.464. The Balaban J connectivity index is 1.35. The predicted molar refractivity (Wildman–Crippen MR) is 139 cm³/mol. The second-order valence-electron chi connectivity index (χ2n) is 9.69. The summed E-state index contributed by atoms with van der Waals surface area (Å²) in [4.78, 5) is 22.8. The molecule has 1 fully saturated rings. The fourth-order valence-electron chi connectivity index (χ4n) is 5.37. The van der Waals surface area contributed by atoms with Crippen LogP contribution >= 0.6 is 11.6 Å². The number of aromatic nitrogens is 2. The zero-order valence-electron chi connectivity index (χ0n) is 20.4. The number of pyridine rings is 2. The van der Waals surface area contributed by atoms with Crippen molar-refractivity contribution in [3.63, 3.8) is 0 Å². The van der Waals surface area contributed by atoms with Gasteiger partial charge in [0.15, 0.2) is 0 Å². The normalized spacial score (nSPS) is 15.8. The molecule has 186 valence electrons. The molecule has 0 aliphatic carbocycles. The number of fused-ring (bicyclic) bond motifs is 1. The Hall–Kier alpha value is -2.70. The molecule has 1 aliphatic rings. The number of halogens is 1. The van der Waals surface area contributed by atoms with Crippen molar-refractivity contribution in [3.05, 3.63) is 65.1 Å². The van der Waals surface area contributed by atoms with Crippen LogP contribution < -0.4 is 4.74 Å². The van der Waals surface area contributed by atoms with E-state index in [1.807, 2.05) is 30.6 Å². The van der Waals surface area contributed by atoms with Crippen LogP contribution in [0.1, 0.15) is 49.7 Å². The number of rotatable bonds is 11. The van der Waals surface area contributed by atoms with Gasteiger partial charge in [-0.1, -0.05) is 11.6 Å². The topological polar surface area (TPSA) is 75.6 Å². The van der Waals surface area contributed by atoms with Gasteiger partial charge in [-0.05, 0) is 111 Å². The second-order valence-corrected chi connectivity index (χ2v) is 10.1. The molecule has 0 radical (unpaired) electrons. The van der Waals surface area contributed by atoms with Crippen LogP contribution in [0.3, 0.4) is 0 Å². The Morgan fingerprint density at radius 3 is 2.63 bits per heavy atom. The second kappa shape index (κ2) is 11.8. The van der Waals surface area contributed by atoms with E-state index in [0.717, 1.165) is 86.8 Å². The molecular formula is C28H34ClN3O3. The van der Waals surface area contributed by atoms with E-state index in [1.54, 1.807) is 13.3 Å². The summed E-state index contributed by atoms with van der Waals surface area (Å²) in [6.07, 6.45) is 12.2. The van der Waals surface area contributed by atoms with E-state index >= 15 is 0 Å². The van der Waals surface area contributed by atoms with Crippen molar-refractivity contribution in [3.8, 4) is 5.75 Å². The van der Waals surface area contributed by atoms with E-state index in [9.17, 15) is 9.90 Å². The molecule has 2 aromatic heterocycles. The summed E-state index contributed by atoms with van der Waals surface area (Å²) in [6, 6.07) is 9.98. The summed E-state index contributed by atoms with van der Waals surface area (Å²) < 4.78 is 5.40. The molecule has 6 nitrogen and oxygen atoms in total. The number of hydrogen-bond donors (Lipinski definition) is 1. The average Bonchev–Trinajstić information content (AvgIpc) is 2.86. The van der Waals surface area contributed by atoms with Gasteiger partial charge in [0.05, 0.1) is 24.1 Å². The first-order valence-corrected chi connectivity index (χ1v) is 12.8. The van der Waals surface area contributed by atoms with Crippen LogP contribution in [0.2, 0.25) is 5.02 Å². The van der Waals surface area contributed by atoms with Gasteiger partial charge in [-0.2, -0.15) is 0 Å². The molecule has 35 heavy (non-hydrogen) atoms.